The van der Waals surface area contributed by atoms with Crippen LogP contribution in [-0.4, -0.2) is 41.3 Å². The molecule has 1 amide bonds. The molecule has 3 aromatic rings. The number of fused-ring (bicyclic) bond motifs is 1. The van der Waals surface area contributed by atoms with Crippen LogP contribution >= 0.6 is 11.3 Å². The number of amides is 1. The number of hydrogen-bond acceptors (Lipinski definition) is 6. The Morgan fingerprint density at radius 2 is 1.97 bits per heavy atom. The minimum absolute atomic E-state index is 0.0257. The summed E-state index contributed by atoms with van der Waals surface area (Å²) in [6.45, 7) is 0.521. The lowest BCUT2D eigenvalue weighted by Crippen LogP contribution is -2.31. The van der Waals surface area contributed by atoms with Gasteiger partial charge in [0.25, 0.3) is 5.56 Å². The quantitative estimate of drug-likeness (QED) is 0.659. The number of nitrogens with one attached hydrogen (secondary N) is 1. The normalized spacial score (nSPS) is 15.1. The number of benzene rings is 1. The van der Waals surface area contributed by atoms with Gasteiger partial charge in [-0.3, -0.25) is 9.59 Å². The minimum atomic E-state index is -3.70. The Morgan fingerprint density at radius 3 is 2.72 bits per heavy atom. The molecule has 2 aromatic heterocycles. The van der Waals surface area contributed by atoms with Gasteiger partial charge in [-0.25, -0.2) is 17.8 Å². The minimum Gasteiger partial charge on any atom is -0.305 e. The highest BCUT2D eigenvalue weighted by Gasteiger charge is 2.27. The van der Waals surface area contributed by atoms with Crippen molar-refractivity contribution in [3.05, 3.63) is 52.7 Å². The third-order valence-corrected chi connectivity index (χ3v) is 7.39. The number of rotatable bonds is 5. The molecule has 0 atom stereocenters. The first-order valence-electron chi connectivity index (χ1n) is 8.89. The number of hydrogen-bond donors (Lipinski definition) is 1. The van der Waals surface area contributed by atoms with Gasteiger partial charge in [0.1, 0.15) is 12.4 Å². The summed E-state index contributed by atoms with van der Waals surface area (Å²) in [6.07, 6.45) is 2.78. The molecule has 1 aliphatic rings. The second kappa shape index (κ2) is 7.65. The number of thiazole rings is 1. The average Bonchev–Trinajstić information content (AvgIpc) is 3.32. The Morgan fingerprint density at radius 1 is 1.21 bits per heavy atom. The fourth-order valence-corrected chi connectivity index (χ4v) is 5.57. The SMILES string of the molecule is O=C(Cn1cc(S(=O)(=O)N2CCCC2)ccc1=O)Nc1nc2ccc(F)cc2s1. The Labute approximate surface area is 169 Å². The first kappa shape index (κ1) is 19.7. The van der Waals surface area contributed by atoms with Crippen molar-refractivity contribution >= 4 is 42.6 Å². The molecule has 1 fully saturated rings. The van der Waals surface area contributed by atoms with E-state index in [0.717, 1.165) is 34.8 Å². The van der Waals surface area contributed by atoms with Crippen molar-refractivity contribution in [1.82, 2.24) is 13.9 Å². The van der Waals surface area contributed by atoms with Crippen molar-refractivity contribution < 1.29 is 17.6 Å². The fraction of sp³-hybridized carbons (Fsp3) is 0.278. The van der Waals surface area contributed by atoms with Gasteiger partial charge in [0, 0.05) is 25.4 Å². The van der Waals surface area contributed by atoms with Crippen molar-refractivity contribution in [3.8, 4) is 0 Å². The number of carbonyl (C=O) groups excluding carboxylic acids is 1. The highest BCUT2D eigenvalue weighted by Crippen LogP contribution is 2.26. The largest absolute Gasteiger partial charge is 0.305 e. The molecule has 1 saturated heterocycles. The van der Waals surface area contributed by atoms with E-state index in [9.17, 15) is 22.4 Å². The third kappa shape index (κ3) is 4.07. The zero-order chi connectivity index (χ0) is 20.6. The predicted molar refractivity (Wildman–Crippen MR) is 107 cm³/mol. The summed E-state index contributed by atoms with van der Waals surface area (Å²) < 4.78 is 41.6. The summed E-state index contributed by atoms with van der Waals surface area (Å²) in [5.74, 6) is -0.941. The van der Waals surface area contributed by atoms with Gasteiger partial charge in [0.05, 0.1) is 15.1 Å². The number of pyridine rings is 1. The van der Waals surface area contributed by atoms with Crippen LogP contribution in [-0.2, 0) is 21.4 Å². The number of sulfonamides is 1. The second-order valence-electron chi connectivity index (χ2n) is 6.62. The van der Waals surface area contributed by atoms with E-state index in [1.54, 1.807) is 0 Å². The Bertz CT molecular complexity index is 1250. The maximum absolute atomic E-state index is 13.3. The number of nitrogens with zero attached hydrogens (tertiary/aromatic N) is 3. The second-order valence-corrected chi connectivity index (χ2v) is 9.59. The summed E-state index contributed by atoms with van der Waals surface area (Å²) >= 11 is 1.11. The van der Waals surface area contributed by atoms with Crippen LogP contribution in [0.5, 0.6) is 0 Å². The predicted octanol–water partition coefficient (Wildman–Crippen LogP) is 2.02. The zero-order valence-electron chi connectivity index (χ0n) is 15.2. The van der Waals surface area contributed by atoms with E-state index < -0.39 is 27.3 Å². The first-order chi connectivity index (χ1) is 13.8. The van der Waals surface area contributed by atoms with Crippen molar-refractivity contribution in [2.24, 2.45) is 0 Å². The molecule has 152 valence electrons. The van der Waals surface area contributed by atoms with Gasteiger partial charge >= 0.3 is 0 Å². The standard InChI is InChI=1S/C18H17FN4O4S2/c19-12-3-5-14-15(9-12)28-18(20-14)21-16(24)11-22-10-13(4-6-17(22)25)29(26,27)23-7-1-2-8-23/h3-6,9-10H,1-2,7-8,11H2,(H,20,21,24). The smallest absolute Gasteiger partial charge is 0.251 e. The number of anilines is 1. The molecule has 4 rings (SSSR count). The van der Waals surface area contributed by atoms with Gasteiger partial charge in [-0.2, -0.15) is 4.31 Å². The molecule has 0 unspecified atom stereocenters. The first-order valence-corrected chi connectivity index (χ1v) is 11.2. The van der Waals surface area contributed by atoms with Gasteiger partial charge < -0.3 is 9.88 Å². The van der Waals surface area contributed by atoms with Crippen molar-refractivity contribution in [3.63, 3.8) is 0 Å². The zero-order valence-corrected chi connectivity index (χ0v) is 16.8. The van der Waals surface area contributed by atoms with E-state index in [-0.39, 0.29) is 16.6 Å². The van der Waals surface area contributed by atoms with Gasteiger partial charge in [-0.1, -0.05) is 11.3 Å². The molecule has 29 heavy (non-hydrogen) atoms. The molecule has 1 aromatic carbocycles. The van der Waals surface area contributed by atoms with Crippen LogP contribution in [0, 0.1) is 5.82 Å². The van der Waals surface area contributed by atoms with Crippen molar-refractivity contribution in [1.29, 1.82) is 0 Å². The van der Waals surface area contributed by atoms with Crippen molar-refractivity contribution in [2.75, 3.05) is 18.4 Å². The van der Waals surface area contributed by atoms with Crippen LogP contribution in [0.4, 0.5) is 9.52 Å². The molecule has 0 spiro atoms. The molecule has 1 aliphatic heterocycles. The molecule has 0 aliphatic carbocycles. The van der Waals surface area contributed by atoms with Crippen LogP contribution in [0.25, 0.3) is 10.2 Å². The topological polar surface area (TPSA) is 101 Å². The molecule has 1 N–H and O–H groups in total. The van der Waals surface area contributed by atoms with E-state index in [1.165, 1.54) is 34.8 Å². The van der Waals surface area contributed by atoms with Gasteiger partial charge in [-0.05, 0) is 37.1 Å². The molecule has 11 heteroatoms. The monoisotopic (exact) mass is 436 g/mol. The van der Waals surface area contributed by atoms with Crippen LogP contribution < -0.4 is 10.9 Å². The maximum atomic E-state index is 13.3. The highest BCUT2D eigenvalue weighted by atomic mass is 32.2. The molecule has 8 nitrogen and oxygen atoms in total. The Hall–Kier alpha value is -2.63. The summed E-state index contributed by atoms with van der Waals surface area (Å²) in [5.41, 5.74) is 0.0504. The molecule has 0 saturated carbocycles. The maximum Gasteiger partial charge on any atom is 0.251 e. The van der Waals surface area contributed by atoms with Crippen LogP contribution in [0.2, 0.25) is 0 Å². The molecule has 0 bridgehead atoms. The summed E-state index contributed by atoms with van der Waals surface area (Å²) in [4.78, 5) is 28.6. The summed E-state index contributed by atoms with van der Waals surface area (Å²) in [5, 5.41) is 2.83. The number of halogens is 1. The summed E-state index contributed by atoms with van der Waals surface area (Å²) in [7, 11) is -3.70. The molecule has 0 radical (unpaired) electrons. The molecule has 3 heterocycles. The van der Waals surface area contributed by atoms with E-state index >= 15 is 0 Å². The number of carbonyl (C=O) groups is 1. The average molecular weight is 436 g/mol. The van der Waals surface area contributed by atoms with E-state index in [2.05, 4.69) is 10.3 Å². The molecular formula is C18H17FN4O4S2. The third-order valence-electron chi connectivity index (χ3n) is 4.57. The van der Waals surface area contributed by atoms with Gasteiger partial charge in [-0.15, -0.1) is 0 Å². The Kier molecular flexibility index (Phi) is 5.19. The van der Waals surface area contributed by atoms with Gasteiger partial charge in [0.2, 0.25) is 15.9 Å². The van der Waals surface area contributed by atoms with E-state index in [0.29, 0.717) is 23.3 Å². The summed E-state index contributed by atoms with van der Waals surface area (Å²) in [6, 6.07) is 6.50. The van der Waals surface area contributed by atoms with Crippen molar-refractivity contribution in [2.45, 2.75) is 24.3 Å². The lowest BCUT2D eigenvalue weighted by molar-refractivity contribution is -0.116. The van der Waals surface area contributed by atoms with Crippen LogP contribution in [0.1, 0.15) is 12.8 Å². The Balaban J connectivity index is 1.53. The molecular weight excluding hydrogens is 419 g/mol. The van der Waals surface area contributed by atoms with Gasteiger partial charge in [0.15, 0.2) is 5.13 Å². The van der Waals surface area contributed by atoms with Crippen LogP contribution in [0.3, 0.4) is 0 Å². The highest BCUT2D eigenvalue weighted by molar-refractivity contribution is 7.89. The van der Waals surface area contributed by atoms with E-state index in [4.69, 9.17) is 0 Å². The lowest BCUT2D eigenvalue weighted by atomic mass is 10.3. The number of aromatic nitrogens is 2. The van der Waals surface area contributed by atoms with E-state index in [1.807, 2.05) is 0 Å². The van der Waals surface area contributed by atoms with Crippen LogP contribution in [0.15, 0.2) is 46.2 Å². The fourth-order valence-electron chi connectivity index (χ4n) is 3.13. The lowest BCUT2D eigenvalue weighted by Gasteiger charge is -2.16.